The van der Waals surface area contributed by atoms with Gasteiger partial charge in [0.05, 0.1) is 0 Å². The molecule has 1 aliphatic heterocycles. The van der Waals surface area contributed by atoms with Crippen LogP contribution in [0.1, 0.15) is 12.6 Å². The molecule has 4 heteroatoms. The molecule has 2 aromatic rings. The van der Waals surface area contributed by atoms with E-state index < -0.39 is 0 Å². The van der Waals surface area contributed by atoms with Crippen molar-refractivity contribution in [1.29, 1.82) is 0 Å². The topological polar surface area (TPSA) is 32.5 Å². The van der Waals surface area contributed by atoms with Crippen LogP contribution in [0.5, 0.6) is 0 Å². The van der Waals surface area contributed by atoms with Crippen LogP contribution in [0.25, 0.3) is 11.0 Å². The van der Waals surface area contributed by atoms with Gasteiger partial charge in [0.2, 0.25) is 0 Å². The van der Waals surface area contributed by atoms with Gasteiger partial charge in [-0.15, -0.1) is 0 Å². The van der Waals surface area contributed by atoms with E-state index in [4.69, 9.17) is 4.52 Å². The molecule has 1 aliphatic rings. The summed E-state index contributed by atoms with van der Waals surface area (Å²) in [5, 5.41) is 5.35. The summed E-state index contributed by atoms with van der Waals surface area (Å²) in [4.78, 5) is 4.94. The summed E-state index contributed by atoms with van der Waals surface area (Å²) >= 11 is 0. The van der Waals surface area contributed by atoms with Gasteiger partial charge in [0.1, 0.15) is 5.69 Å². The number of fused-ring (bicyclic) bond motifs is 1. The lowest BCUT2D eigenvalue weighted by Crippen LogP contribution is -2.45. The Labute approximate surface area is 107 Å². The molecule has 0 bridgehead atoms. The highest BCUT2D eigenvalue weighted by atomic mass is 16.5. The largest absolute Gasteiger partial charge is 0.356 e. The van der Waals surface area contributed by atoms with Crippen molar-refractivity contribution < 1.29 is 4.52 Å². The first-order valence-electron chi connectivity index (χ1n) is 6.65. The van der Waals surface area contributed by atoms with Crippen molar-refractivity contribution in [3.05, 3.63) is 30.0 Å². The second-order valence-electron chi connectivity index (χ2n) is 4.84. The number of likely N-dealkylation sites (N-methyl/N-ethyl adjacent to an activating group) is 1. The fraction of sp³-hybridized carbons (Fsp3) is 0.500. The van der Waals surface area contributed by atoms with Crippen molar-refractivity contribution in [1.82, 2.24) is 15.0 Å². The zero-order chi connectivity index (χ0) is 12.4. The van der Waals surface area contributed by atoms with E-state index in [1.165, 1.54) is 0 Å². The first kappa shape index (κ1) is 11.7. The summed E-state index contributed by atoms with van der Waals surface area (Å²) in [6, 6.07) is 8.08. The summed E-state index contributed by atoms with van der Waals surface area (Å²) in [6.07, 6.45) is 0. The number of hydrogen-bond acceptors (Lipinski definition) is 4. The molecule has 2 heterocycles. The molecule has 1 fully saturated rings. The number of aromatic nitrogens is 1. The number of para-hydroxylation sites is 1. The van der Waals surface area contributed by atoms with E-state index in [-0.39, 0.29) is 0 Å². The summed E-state index contributed by atoms with van der Waals surface area (Å²) in [6.45, 7) is 8.83. The van der Waals surface area contributed by atoms with Crippen molar-refractivity contribution in [2.45, 2.75) is 13.5 Å². The van der Waals surface area contributed by atoms with Gasteiger partial charge in [-0.3, -0.25) is 4.90 Å². The van der Waals surface area contributed by atoms with Crippen molar-refractivity contribution >= 4 is 11.0 Å². The normalized spacial score (nSPS) is 18.5. The zero-order valence-electron chi connectivity index (χ0n) is 10.8. The molecule has 0 unspecified atom stereocenters. The molecule has 0 saturated carbocycles. The predicted octanol–water partition coefficient (Wildman–Crippen LogP) is 1.97. The van der Waals surface area contributed by atoms with Crippen LogP contribution >= 0.6 is 0 Å². The number of piperazine rings is 1. The molecule has 0 atom stereocenters. The van der Waals surface area contributed by atoms with Gasteiger partial charge in [-0.05, 0) is 18.7 Å². The average Bonchev–Trinajstić information content (AvgIpc) is 2.83. The highest BCUT2D eigenvalue weighted by molar-refractivity contribution is 5.79. The summed E-state index contributed by atoms with van der Waals surface area (Å²) in [7, 11) is 0. The van der Waals surface area contributed by atoms with E-state index in [2.05, 4.69) is 27.9 Å². The van der Waals surface area contributed by atoms with Crippen LogP contribution in [0.15, 0.2) is 28.8 Å². The van der Waals surface area contributed by atoms with Gasteiger partial charge >= 0.3 is 0 Å². The molecular weight excluding hydrogens is 226 g/mol. The van der Waals surface area contributed by atoms with Crippen LogP contribution in [0.4, 0.5) is 0 Å². The highest BCUT2D eigenvalue weighted by Gasteiger charge is 2.18. The Morgan fingerprint density at radius 1 is 1.11 bits per heavy atom. The first-order valence-corrected chi connectivity index (χ1v) is 6.65. The standard InChI is InChI=1S/C14H19N3O/c1-2-16-7-9-17(10-8-16)11-13-12-5-3-4-6-14(12)18-15-13/h3-6H,2,7-11H2,1H3. The quantitative estimate of drug-likeness (QED) is 0.827. The van der Waals surface area contributed by atoms with Crippen molar-refractivity contribution in [3.63, 3.8) is 0 Å². The fourth-order valence-corrected chi connectivity index (χ4v) is 2.53. The molecule has 0 radical (unpaired) electrons. The summed E-state index contributed by atoms with van der Waals surface area (Å²) < 4.78 is 5.35. The fourth-order valence-electron chi connectivity index (χ4n) is 2.53. The molecule has 0 spiro atoms. The molecule has 3 rings (SSSR count). The van der Waals surface area contributed by atoms with Crippen molar-refractivity contribution in [3.8, 4) is 0 Å². The Kier molecular flexibility index (Phi) is 3.30. The monoisotopic (exact) mass is 245 g/mol. The predicted molar refractivity (Wildman–Crippen MR) is 71.4 cm³/mol. The van der Waals surface area contributed by atoms with Crippen LogP contribution < -0.4 is 0 Å². The van der Waals surface area contributed by atoms with Gasteiger partial charge in [-0.1, -0.05) is 24.2 Å². The van der Waals surface area contributed by atoms with Crippen LogP contribution in [0.2, 0.25) is 0 Å². The highest BCUT2D eigenvalue weighted by Crippen LogP contribution is 2.19. The molecule has 1 saturated heterocycles. The molecule has 1 aromatic carbocycles. The van der Waals surface area contributed by atoms with E-state index in [1.54, 1.807) is 0 Å². The maximum absolute atomic E-state index is 5.35. The van der Waals surface area contributed by atoms with E-state index in [0.29, 0.717) is 0 Å². The Hall–Kier alpha value is -1.39. The van der Waals surface area contributed by atoms with E-state index in [1.807, 2.05) is 18.2 Å². The number of benzene rings is 1. The minimum Gasteiger partial charge on any atom is -0.356 e. The number of nitrogens with zero attached hydrogens (tertiary/aromatic N) is 3. The molecular formula is C14H19N3O. The van der Waals surface area contributed by atoms with Gasteiger partial charge in [0.25, 0.3) is 0 Å². The maximum Gasteiger partial charge on any atom is 0.167 e. The van der Waals surface area contributed by atoms with Gasteiger partial charge in [-0.25, -0.2) is 0 Å². The number of hydrogen-bond donors (Lipinski definition) is 0. The van der Waals surface area contributed by atoms with E-state index in [0.717, 1.165) is 55.9 Å². The van der Waals surface area contributed by atoms with E-state index >= 15 is 0 Å². The van der Waals surface area contributed by atoms with Gasteiger partial charge in [-0.2, -0.15) is 0 Å². The van der Waals surface area contributed by atoms with Crippen molar-refractivity contribution in [2.24, 2.45) is 0 Å². The van der Waals surface area contributed by atoms with Crippen LogP contribution in [-0.4, -0.2) is 47.7 Å². The van der Waals surface area contributed by atoms with Crippen LogP contribution in [-0.2, 0) is 6.54 Å². The average molecular weight is 245 g/mol. The lowest BCUT2D eigenvalue weighted by Gasteiger charge is -2.33. The molecule has 0 N–H and O–H groups in total. The lowest BCUT2D eigenvalue weighted by molar-refractivity contribution is 0.130. The van der Waals surface area contributed by atoms with Gasteiger partial charge in [0, 0.05) is 38.1 Å². The minimum atomic E-state index is 0.889. The molecule has 1 aromatic heterocycles. The third kappa shape index (κ3) is 2.26. The lowest BCUT2D eigenvalue weighted by atomic mass is 10.2. The molecule has 18 heavy (non-hydrogen) atoms. The summed E-state index contributed by atoms with van der Waals surface area (Å²) in [5.41, 5.74) is 1.95. The van der Waals surface area contributed by atoms with Crippen molar-refractivity contribution in [2.75, 3.05) is 32.7 Å². The second kappa shape index (κ2) is 5.08. The maximum atomic E-state index is 5.35. The smallest absolute Gasteiger partial charge is 0.167 e. The second-order valence-corrected chi connectivity index (χ2v) is 4.84. The summed E-state index contributed by atoms with van der Waals surface area (Å²) in [5.74, 6) is 0. The SMILES string of the molecule is CCN1CCN(Cc2noc3ccccc23)CC1. The van der Waals surface area contributed by atoms with Gasteiger partial charge < -0.3 is 9.42 Å². The zero-order valence-corrected chi connectivity index (χ0v) is 10.8. The molecule has 0 aliphatic carbocycles. The molecule has 4 nitrogen and oxygen atoms in total. The number of rotatable bonds is 3. The Bertz CT molecular complexity index is 514. The Balaban J connectivity index is 1.70. The van der Waals surface area contributed by atoms with Gasteiger partial charge in [0.15, 0.2) is 5.58 Å². The first-order chi connectivity index (χ1) is 8.86. The molecule has 0 amide bonds. The Morgan fingerprint density at radius 2 is 1.83 bits per heavy atom. The van der Waals surface area contributed by atoms with Crippen LogP contribution in [0.3, 0.4) is 0 Å². The minimum absolute atomic E-state index is 0.889. The van der Waals surface area contributed by atoms with E-state index in [9.17, 15) is 0 Å². The molecule has 96 valence electrons. The Morgan fingerprint density at radius 3 is 2.61 bits per heavy atom. The third-order valence-corrected chi connectivity index (χ3v) is 3.74. The van der Waals surface area contributed by atoms with Crippen LogP contribution in [0, 0.1) is 0 Å². The third-order valence-electron chi connectivity index (χ3n) is 3.74.